The van der Waals surface area contributed by atoms with E-state index in [9.17, 15) is 0 Å². The average molecular weight is 593 g/mol. The normalized spacial score (nSPS) is 10.1. The standard InChI is InChI=1S/2C18H15P.2H2S/c2*1-4-10-16(11-5-1)19(17-12-6-2-7-13-17)18-14-8-3-9-15-18;;/h2*1-15H;2*1H2. The zero-order valence-corrected chi connectivity index (χ0v) is 26.0. The summed E-state index contributed by atoms with van der Waals surface area (Å²) in [6.07, 6.45) is 0. The molecule has 0 saturated carbocycles. The summed E-state index contributed by atoms with van der Waals surface area (Å²) in [5.74, 6) is 0. The third-order valence-electron chi connectivity index (χ3n) is 6.09. The van der Waals surface area contributed by atoms with Gasteiger partial charge in [0, 0.05) is 0 Å². The highest BCUT2D eigenvalue weighted by molar-refractivity contribution is 7.80. The predicted molar refractivity (Wildman–Crippen MR) is 191 cm³/mol. The fourth-order valence-electron chi connectivity index (χ4n) is 4.36. The molecule has 0 bridgehead atoms. The molecule has 0 heterocycles. The summed E-state index contributed by atoms with van der Waals surface area (Å²) >= 11 is 0. The Labute approximate surface area is 255 Å². The van der Waals surface area contributed by atoms with Crippen molar-refractivity contribution in [3.8, 4) is 0 Å². The van der Waals surface area contributed by atoms with Crippen molar-refractivity contribution in [3.05, 3.63) is 182 Å². The van der Waals surface area contributed by atoms with Crippen LogP contribution in [-0.4, -0.2) is 0 Å². The molecule has 0 aliphatic carbocycles. The fraction of sp³-hybridized carbons (Fsp3) is 0. The number of hydrogen-bond donors (Lipinski definition) is 0. The highest BCUT2D eigenvalue weighted by Gasteiger charge is 2.16. The zero-order chi connectivity index (χ0) is 25.8. The van der Waals surface area contributed by atoms with Crippen LogP contribution < -0.4 is 31.8 Å². The molecule has 40 heavy (non-hydrogen) atoms. The zero-order valence-electron chi connectivity index (χ0n) is 22.2. The van der Waals surface area contributed by atoms with E-state index in [0.29, 0.717) is 0 Å². The first kappa shape index (κ1) is 31.4. The quantitative estimate of drug-likeness (QED) is 0.181. The molecule has 4 heteroatoms. The number of hydrogen-bond acceptors (Lipinski definition) is 0. The Hall–Kier alpha value is -3.12. The van der Waals surface area contributed by atoms with Crippen LogP contribution >= 0.6 is 42.8 Å². The van der Waals surface area contributed by atoms with Crippen molar-refractivity contribution < 1.29 is 0 Å². The van der Waals surface area contributed by atoms with Crippen molar-refractivity contribution in [2.24, 2.45) is 0 Å². The first-order valence-corrected chi connectivity index (χ1v) is 15.5. The van der Waals surface area contributed by atoms with Crippen LogP contribution in [0.2, 0.25) is 0 Å². The van der Waals surface area contributed by atoms with Crippen LogP contribution in [0.5, 0.6) is 0 Å². The lowest BCUT2D eigenvalue weighted by atomic mass is 10.4. The van der Waals surface area contributed by atoms with E-state index in [4.69, 9.17) is 0 Å². The van der Waals surface area contributed by atoms with Crippen molar-refractivity contribution in [1.29, 1.82) is 0 Å². The van der Waals surface area contributed by atoms with Crippen LogP contribution in [-0.2, 0) is 0 Å². The van der Waals surface area contributed by atoms with Gasteiger partial charge in [0.15, 0.2) is 0 Å². The molecule has 0 fully saturated rings. The van der Waals surface area contributed by atoms with Crippen molar-refractivity contribution in [1.82, 2.24) is 0 Å². The molecule has 0 aromatic heterocycles. The van der Waals surface area contributed by atoms with Crippen molar-refractivity contribution in [3.63, 3.8) is 0 Å². The molecule has 6 rings (SSSR count). The van der Waals surface area contributed by atoms with Gasteiger partial charge in [-0.15, -0.1) is 0 Å². The summed E-state index contributed by atoms with van der Waals surface area (Å²) in [5, 5.41) is 8.39. The van der Waals surface area contributed by atoms with Gasteiger partial charge < -0.3 is 0 Å². The fourth-order valence-corrected chi connectivity index (χ4v) is 8.97. The summed E-state index contributed by atoms with van der Waals surface area (Å²) < 4.78 is 0. The third-order valence-corrected chi connectivity index (χ3v) is 11.0. The van der Waals surface area contributed by atoms with E-state index in [1.807, 2.05) is 0 Å². The Morgan fingerprint density at radius 1 is 0.200 bits per heavy atom. The molecule has 0 N–H and O–H groups in total. The van der Waals surface area contributed by atoms with Crippen LogP contribution in [0.1, 0.15) is 0 Å². The molecule has 6 aromatic carbocycles. The maximum atomic E-state index is 2.23. The molecule has 0 radical (unpaired) electrons. The van der Waals surface area contributed by atoms with Gasteiger partial charge >= 0.3 is 0 Å². The minimum atomic E-state index is -0.446. The monoisotopic (exact) mass is 592 g/mol. The molecule has 200 valence electrons. The van der Waals surface area contributed by atoms with E-state index < -0.39 is 15.8 Å². The Kier molecular flexibility index (Phi) is 13.2. The van der Waals surface area contributed by atoms with Gasteiger partial charge in [-0.2, -0.15) is 27.0 Å². The Balaban J connectivity index is 0.000000210. The SMILES string of the molecule is S.S.c1ccc(P(c2ccccc2)c2ccccc2)cc1.c1ccc(P(c2ccccc2)c2ccccc2)cc1. The van der Waals surface area contributed by atoms with Gasteiger partial charge in [0.1, 0.15) is 0 Å². The Morgan fingerprint density at radius 2 is 0.325 bits per heavy atom. The van der Waals surface area contributed by atoms with E-state index in [1.54, 1.807) is 0 Å². The van der Waals surface area contributed by atoms with Crippen LogP contribution in [0.15, 0.2) is 182 Å². The first-order valence-electron chi connectivity index (χ1n) is 12.8. The molecule has 0 amide bonds. The van der Waals surface area contributed by atoms with E-state index >= 15 is 0 Å². The molecule has 0 saturated heterocycles. The number of benzene rings is 6. The molecule has 6 aromatic rings. The van der Waals surface area contributed by atoms with Crippen molar-refractivity contribution in [2.45, 2.75) is 0 Å². The van der Waals surface area contributed by atoms with Gasteiger partial charge in [0.05, 0.1) is 0 Å². The predicted octanol–water partition coefficient (Wildman–Crippen LogP) is 7.12. The van der Waals surface area contributed by atoms with Gasteiger partial charge in [0.25, 0.3) is 0 Å². The molecule has 0 nitrogen and oxygen atoms in total. The maximum absolute atomic E-state index is 2.23. The summed E-state index contributed by atoms with van der Waals surface area (Å²) in [6.45, 7) is 0. The van der Waals surface area contributed by atoms with Crippen LogP contribution in [0.4, 0.5) is 0 Å². The minimum absolute atomic E-state index is 0. The van der Waals surface area contributed by atoms with Gasteiger partial charge in [-0.25, -0.2) is 0 Å². The summed E-state index contributed by atoms with van der Waals surface area (Å²) in [4.78, 5) is 0. The highest BCUT2D eigenvalue weighted by atomic mass is 32.1. The molecular formula is C36H34P2S2. The largest absolute Gasteiger partial charge is 0.197 e. The third kappa shape index (κ3) is 8.44. The summed E-state index contributed by atoms with van der Waals surface area (Å²) in [5.41, 5.74) is 0. The molecule has 0 aliphatic rings. The van der Waals surface area contributed by atoms with Gasteiger partial charge in [-0.05, 0) is 47.7 Å². The molecule has 0 aliphatic heterocycles. The molecular weight excluding hydrogens is 558 g/mol. The second kappa shape index (κ2) is 16.9. The molecule has 0 spiro atoms. The van der Waals surface area contributed by atoms with E-state index in [-0.39, 0.29) is 27.0 Å². The lowest BCUT2D eigenvalue weighted by Gasteiger charge is -2.18. The first-order chi connectivity index (χ1) is 18.9. The van der Waals surface area contributed by atoms with Crippen molar-refractivity contribution in [2.75, 3.05) is 0 Å². The summed E-state index contributed by atoms with van der Waals surface area (Å²) in [6, 6.07) is 64.7. The van der Waals surface area contributed by atoms with Gasteiger partial charge in [0.2, 0.25) is 0 Å². The lowest BCUT2D eigenvalue weighted by molar-refractivity contribution is 1.74. The maximum Gasteiger partial charge on any atom is -0.0134 e. The van der Waals surface area contributed by atoms with E-state index in [2.05, 4.69) is 182 Å². The second-order valence-electron chi connectivity index (χ2n) is 8.68. The smallest absolute Gasteiger partial charge is 0.0134 e. The Bertz CT molecular complexity index is 1180. The average Bonchev–Trinajstić information content (AvgIpc) is 3.01. The second-order valence-corrected chi connectivity index (χ2v) is 13.1. The van der Waals surface area contributed by atoms with Gasteiger partial charge in [-0.1, -0.05) is 182 Å². The molecule has 0 atom stereocenters. The lowest BCUT2D eigenvalue weighted by Crippen LogP contribution is -2.20. The van der Waals surface area contributed by atoms with Gasteiger partial charge in [-0.3, -0.25) is 0 Å². The van der Waals surface area contributed by atoms with E-state index in [1.165, 1.54) is 31.8 Å². The highest BCUT2D eigenvalue weighted by Crippen LogP contribution is 2.33. The van der Waals surface area contributed by atoms with Crippen LogP contribution in [0.25, 0.3) is 0 Å². The summed E-state index contributed by atoms with van der Waals surface area (Å²) in [7, 11) is -0.892. The minimum Gasteiger partial charge on any atom is -0.197 e. The van der Waals surface area contributed by atoms with Crippen LogP contribution in [0, 0.1) is 0 Å². The molecule has 0 unspecified atom stereocenters. The van der Waals surface area contributed by atoms with E-state index in [0.717, 1.165) is 0 Å². The number of rotatable bonds is 6. The topological polar surface area (TPSA) is 0 Å². The van der Waals surface area contributed by atoms with Crippen LogP contribution in [0.3, 0.4) is 0 Å². The van der Waals surface area contributed by atoms with Crippen molar-refractivity contribution >= 4 is 74.7 Å². The Morgan fingerprint density at radius 3 is 0.450 bits per heavy atom.